The Kier molecular flexibility index (Phi) is 2.17. The van der Waals surface area contributed by atoms with Crippen LogP contribution in [0.5, 0.6) is 0 Å². The number of primary amides is 1. The molecule has 2 N–H and O–H groups in total. The molecule has 66 valence electrons. The lowest BCUT2D eigenvalue weighted by Gasteiger charge is -2.10. The molecule has 0 aromatic heterocycles. The van der Waals surface area contributed by atoms with Crippen LogP contribution in [0.25, 0.3) is 0 Å². The van der Waals surface area contributed by atoms with Crippen LogP contribution in [0.3, 0.4) is 0 Å². The molecule has 0 bridgehead atoms. The molecule has 1 unspecified atom stereocenters. The second kappa shape index (κ2) is 2.97. The summed E-state index contributed by atoms with van der Waals surface area (Å²) in [7, 11) is 0. The van der Waals surface area contributed by atoms with E-state index in [-0.39, 0.29) is 11.8 Å². The molecular formula is C8H12N2O2. The zero-order valence-corrected chi connectivity index (χ0v) is 7.20. The number of amides is 3. The van der Waals surface area contributed by atoms with Crippen molar-refractivity contribution in [1.29, 1.82) is 0 Å². The summed E-state index contributed by atoms with van der Waals surface area (Å²) < 4.78 is 0. The van der Waals surface area contributed by atoms with Gasteiger partial charge in [-0.15, -0.1) is 0 Å². The molecule has 0 radical (unpaired) electrons. The molecule has 3 amide bonds. The normalized spacial score (nSPS) is 22.8. The third-order valence-corrected chi connectivity index (χ3v) is 2.06. The highest BCUT2D eigenvalue weighted by Gasteiger charge is 2.32. The fourth-order valence-electron chi connectivity index (χ4n) is 1.39. The quantitative estimate of drug-likeness (QED) is 0.630. The van der Waals surface area contributed by atoms with Gasteiger partial charge in [0, 0.05) is 6.20 Å². The van der Waals surface area contributed by atoms with Gasteiger partial charge >= 0.3 is 6.03 Å². The fourth-order valence-corrected chi connectivity index (χ4v) is 1.39. The van der Waals surface area contributed by atoms with Gasteiger partial charge in [-0.3, -0.25) is 4.79 Å². The Balaban J connectivity index is 2.87. The van der Waals surface area contributed by atoms with E-state index in [9.17, 15) is 9.59 Å². The van der Waals surface area contributed by atoms with Crippen molar-refractivity contribution in [2.45, 2.75) is 20.3 Å². The van der Waals surface area contributed by atoms with Crippen molar-refractivity contribution >= 4 is 11.9 Å². The number of carbonyl (C=O) groups excluding carboxylic acids is 2. The summed E-state index contributed by atoms with van der Waals surface area (Å²) in [6.45, 7) is 3.74. The molecule has 0 saturated carbocycles. The SMILES string of the molecule is CCC1C(=O)N(C(N)=O)C=C1C. The van der Waals surface area contributed by atoms with Gasteiger partial charge in [0.2, 0.25) is 5.91 Å². The molecule has 12 heavy (non-hydrogen) atoms. The molecule has 1 rings (SSSR count). The number of imide groups is 1. The third kappa shape index (κ3) is 1.20. The van der Waals surface area contributed by atoms with Crippen LogP contribution < -0.4 is 5.73 Å². The minimum atomic E-state index is -0.699. The second-order valence-electron chi connectivity index (χ2n) is 2.88. The summed E-state index contributed by atoms with van der Waals surface area (Å²) >= 11 is 0. The molecule has 1 heterocycles. The van der Waals surface area contributed by atoms with Crippen LogP contribution in [0.2, 0.25) is 0 Å². The monoisotopic (exact) mass is 168 g/mol. The maximum atomic E-state index is 11.4. The third-order valence-electron chi connectivity index (χ3n) is 2.06. The van der Waals surface area contributed by atoms with E-state index >= 15 is 0 Å². The van der Waals surface area contributed by atoms with E-state index in [0.29, 0.717) is 6.42 Å². The van der Waals surface area contributed by atoms with Gasteiger partial charge in [-0.1, -0.05) is 6.92 Å². The summed E-state index contributed by atoms with van der Waals surface area (Å²) in [5.74, 6) is -0.361. The molecule has 4 heteroatoms. The molecule has 0 aromatic rings. The van der Waals surface area contributed by atoms with Crippen molar-refractivity contribution in [2.24, 2.45) is 11.7 Å². The predicted octanol–water partition coefficient (Wildman–Crippen LogP) is 0.837. The van der Waals surface area contributed by atoms with Gasteiger partial charge in [0.05, 0.1) is 5.92 Å². The van der Waals surface area contributed by atoms with Crippen molar-refractivity contribution in [3.8, 4) is 0 Å². The lowest BCUT2D eigenvalue weighted by atomic mass is 10.0. The number of nitrogens with zero attached hydrogens (tertiary/aromatic N) is 1. The summed E-state index contributed by atoms with van der Waals surface area (Å²) in [6, 6.07) is -0.699. The van der Waals surface area contributed by atoms with Crippen LogP contribution in [-0.2, 0) is 4.79 Å². The number of rotatable bonds is 1. The highest BCUT2D eigenvalue weighted by atomic mass is 16.2. The van der Waals surface area contributed by atoms with Gasteiger partial charge in [0.1, 0.15) is 0 Å². The Hall–Kier alpha value is -1.32. The molecule has 0 saturated heterocycles. The smallest absolute Gasteiger partial charge is 0.325 e. The molecule has 1 aliphatic heterocycles. The maximum absolute atomic E-state index is 11.4. The highest BCUT2D eigenvalue weighted by Crippen LogP contribution is 2.24. The molecule has 0 aromatic carbocycles. The van der Waals surface area contributed by atoms with Gasteiger partial charge in [0.25, 0.3) is 0 Å². The van der Waals surface area contributed by atoms with Crippen LogP contribution >= 0.6 is 0 Å². The topological polar surface area (TPSA) is 63.4 Å². The first kappa shape index (κ1) is 8.77. The Morgan fingerprint density at radius 2 is 2.33 bits per heavy atom. The average Bonchev–Trinajstić information content (AvgIpc) is 2.27. The molecule has 1 atom stereocenters. The van der Waals surface area contributed by atoms with Gasteiger partial charge in [0.15, 0.2) is 0 Å². The van der Waals surface area contributed by atoms with Crippen LogP contribution in [0, 0.1) is 5.92 Å². The largest absolute Gasteiger partial charge is 0.351 e. The average molecular weight is 168 g/mol. The van der Waals surface area contributed by atoms with Crippen molar-refractivity contribution in [1.82, 2.24) is 4.90 Å². The van der Waals surface area contributed by atoms with E-state index in [1.165, 1.54) is 6.20 Å². The number of hydrogen-bond donors (Lipinski definition) is 1. The molecule has 0 aliphatic carbocycles. The van der Waals surface area contributed by atoms with E-state index < -0.39 is 6.03 Å². The Morgan fingerprint density at radius 3 is 2.58 bits per heavy atom. The lowest BCUT2D eigenvalue weighted by Crippen LogP contribution is -2.35. The minimum absolute atomic E-state index is 0.155. The summed E-state index contributed by atoms with van der Waals surface area (Å²) in [5, 5.41) is 0. The Bertz CT molecular complexity index is 258. The first-order valence-corrected chi connectivity index (χ1v) is 3.88. The molecule has 0 fully saturated rings. The molecular weight excluding hydrogens is 156 g/mol. The van der Waals surface area contributed by atoms with Crippen LogP contribution in [-0.4, -0.2) is 16.8 Å². The lowest BCUT2D eigenvalue weighted by molar-refractivity contribution is -0.127. The summed E-state index contributed by atoms with van der Waals surface area (Å²) in [4.78, 5) is 23.0. The molecule has 4 nitrogen and oxygen atoms in total. The van der Waals surface area contributed by atoms with Crippen molar-refractivity contribution in [3.63, 3.8) is 0 Å². The van der Waals surface area contributed by atoms with E-state index in [1.807, 2.05) is 13.8 Å². The van der Waals surface area contributed by atoms with E-state index in [1.54, 1.807) is 0 Å². The van der Waals surface area contributed by atoms with Crippen LogP contribution in [0.1, 0.15) is 20.3 Å². The predicted molar refractivity (Wildman–Crippen MR) is 44.0 cm³/mol. The van der Waals surface area contributed by atoms with E-state index in [4.69, 9.17) is 5.73 Å². The Morgan fingerprint density at radius 1 is 1.75 bits per heavy atom. The number of nitrogens with two attached hydrogens (primary N) is 1. The molecule has 0 spiro atoms. The van der Waals surface area contributed by atoms with Gasteiger partial charge in [-0.25, -0.2) is 9.69 Å². The van der Waals surface area contributed by atoms with Crippen molar-refractivity contribution in [2.75, 3.05) is 0 Å². The fraction of sp³-hybridized carbons (Fsp3) is 0.500. The highest BCUT2D eigenvalue weighted by molar-refractivity contribution is 5.99. The maximum Gasteiger partial charge on any atom is 0.325 e. The van der Waals surface area contributed by atoms with Gasteiger partial charge < -0.3 is 5.73 Å². The Labute approximate surface area is 71.0 Å². The van der Waals surface area contributed by atoms with Gasteiger partial charge in [-0.2, -0.15) is 0 Å². The molecule has 1 aliphatic rings. The zero-order valence-electron chi connectivity index (χ0n) is 7.20. The van der Waals surface area contributed by atoms with Gasteiger partial charge in [-0.05, 0) is 18.9 Å². The number of carbonyl (C=O) groups is 2. The van der Waals surface area contributed by atoms with E-state index in [2.05, 4.69) is 0 Å². The first-order chi connectivity index (χ1) is 5.57. The summed E-state index contributed by atoms with van der Waals surface area (Å²) in [6.07, 6.45) is 2.23. The number of urea groups is 1. The first-order valence-electron chi connectivity index (χ1n) is 3.88. The summed E-state index contributed by atoms with van der Waals surface area (Å²) in [5.41, 5.74) is 5.89. The standard InChI is InChI=1S/C8H12N2O2/c1-3-6-5(2)4-10(7(6)11)8(9)12/h4,6H,3H2,1-2H3,(H2,9,12). The second-order valence-corrected chi connectivity index (χ2v) is 2.88. The number of hydrogen-bond acceptors (Lipinski definition) is 2. The zero-order chi connectivity index (χ0) is 9.30. The van der Waals surface area contributed by atoms with Crippen LogP contribution in [0.4, 0.5) is 4.79 Å². The minimum Gasteiger partial charge on any atom is -0.351 e. The van der Waals surface area contributed by atoms with Crippen molar-refractivity contribution in [3.05, 3.63) is 11.8 Å². The van der Waals surface area contributed by atoms with Crippen molar-refractivity contribution < 1.29 is 9.59 Å². The van der Waals surface area contributed by atoms with Crippen LogP contribution in [0.15, 0.2) is 11.8 Å². The van der Waals surface area contributed by atoms with E-state index in [0.717, 1.165) is 10.5 Å².